The molecule has 2 atom stereocenters. The van der Waals surface area contributed by atoms with Gasteiger partial charge < -0.3 is 14.5 Å². The van der Waals surface area contributed by atoms with E-state index in [-0.39, 0.29) is 0 Å². The number of amides is 1. The first-order valence-corrected chi connectivity index (χ1v) is 11.3. The van der Waals surface area contributed by atoms with Crippen molar-refractivity contribution < 1.29 is 9.53 Å². The maximum atomic E-state index is 11.9. The molecule has 1 aromatic rings. The van der Waals surface area contributed by atoms with E-state index in [0.717, 1.165) is 71.0 Å². The van der Waals surface area contributed by atoms with Crippen molar-refractivity contribution in [1.29, 1.82) is 0 Å². The summed E-state index contributed by atoms with van der Waals surface area (Å²) < 4.78 is 5.98. The zero-order chi connectivity index (χ0) is 20.2. The molecule has 3 saturated heterocycles. The fourth-order valence-electron chi connectivity index (χ4n) is 4.99. The highest BCUT2D eigenvalue weighted by molar-refractivity contribution is 5.79. The lowest BCUT2D eigenvalue weighted by Crippen LogP contribution is -2.47. The van der Waals surface area contributed by atoms with Gasteiger partial charge in [-0.05, 0) is 43.1 Å². The zero-order valence-electron chi connectivity index (χ0n) is 18.1. The van der Waals surface area contributed by atoms with Crippen molar-refractivity contribution in [3.05, 3.63) is 29.8 Å². The predicted octanol–water partition coefficient (Wildman–Crippen LogP) is 1.76. The summed E-state index contributed by atoms with van der Waals surface area (Å²) in [4.78, 5) is 21.4. The zero-order valence-corrected chi connectivity index (χ0v) is 18.1. The first kappa shape index (κ1) is 20.6. The molecule has 160 valence electrons. The Kier molecular flexibility index (Phi) is 6.73. The van der Waals surface area contributed by atoms with Gasteiger partial charge in [0.2, 0.25) is 5.91 Å². The van der Waals surface area contributed by atoms with Crippen LogP contribution in [0.25, 0.3) is 0 Å². The minimum atomic E-state index is 0.315. The van der Waals surface area contributed by atoms with Gasteiger partial charge in [-0.15, -0.1) is 0 Å². The van der Waals surface area contributed by atoms with Crippen LogP contribution >= 0.6 is 0 Å². The lowest BCUT2D eigenvalue weighted by atomic mass is 9.92. The maximum Gasteiger partial charge on any atom is 0.222 e. The minimum Gasteiger partial charge on any atom is -0.492 e. The summed E-state index contributed by atoms with van der Waals surface area (Å²) in [6.07, 6.45) is 1.88. The van der Waals surface area contributed by atoms with Crippen LogP contribution in [0.3, 0.4) is 0 Å². The number of hydrogen-bond donors (Lipinski definition) is 0. The van der Waals surface area contributed by atoms with Gasteiger partial charge in [0, 0.05) is 65.3 Å². The Morgan fingerprint density at radius 2 is 1.72 bits per heavy atom. The van der Waals surface area contributed by atoms with Crippen molar-refractivity contribution >= 4 is 5.91 Å². The van der Waals surface area contributed by atoms with Crippen LogP contribution in [-0.4, -0.2) is 97.6 Å². The molecule has 29 heavy (non-hydrogen) atoms. The predicted molar refractivity (Wildman–Crippen MR) is 115 cm³/mol. The van der Waals surface area contributed by atoms with E-state index >= 15 is 0 Å². The van der Waals surface area contributed by atoms with Gasteiger partial charge in [-0.2, -0.15) is 0 Å². The number of piperidine rings is 1. The van der Waals surface area contributed by atoms with Crippen LogP contribution in [0.2, 0.25) is 0 Å². The molecule has 1 amide bonds. The van der Waals surface area contributed by atoms with Gasteiger partial charge in [-0.3, -0.25) is 14.6 Å². The summed E-state index contributed by atoms with van der Waals surface area (Å²) >= 11 is 0. The SMILES string of the molecule is CCN1CCN(CCOc2ccc(CN3CC[C@@H]4CC(=O)N(C)[C@@H]4C3)cc2)CC1. The van der Waals surface area contributed by atoms with E-state index in [0.29, 0.717) is 17.9 Å². The minimum absolute atomic E-state index is 0.315. The number of nitrogens with zero attached hydrogens (tertiary/aromatic N) is 4. The smallest absolute Gasteiger partial charge is 0.222 e. The molecule has 0 N–H and O–H groups in total. The number of ether oxygens (including phenoxy) is 1. The van der Waals surface area contributed by atoms with Crippen LogP contribution in [0.15, 0.2) is 24.3 Å². The third-order valence-corrected chi connectivity index (χ3v) is 7.05. The number of carbonyl (C=O) groups is 1. The Balaban J connectivity index is 1.19. The lowest BCUT2D eigenvalue weighted by Gasteiger charge is -2.37. The van der Waals surface area contributed by atoms with Crippen molar-refractivity contribution in [2.75, 3.05) is 66.0 Å². The molecule has 0 saturated carbocycles. The summed E-state index contributed by atoms with van der Waals surface area (Å²) in [5.74, 6) is 1.83. The Labute approximate surface area is 175 Å². The number of piperazine rings is 1. The third kappa shape index (κ3) is 5.11. The monoisotopic (exact) mass is 400 g/mol. The summed E-state index contributed by atoms with van der Waals surface area (Å²) in [5.41, 5.74) is 1.32. The Morgan fingerprint density at radius 1 is 1.00 bits per heavy atom. The largest absolute Gasteiger partial charge is 0.492 e. The van der Waals surface area contributed by atoms with Crippen LogP contribution in [0.1, 0.15) is 25.3 Å². The molecule has 6 nitrogen and oxygen atoms in total. The summed E-state index contributed by atoms with van der Waals surface area (Å²) in [7, 11) is 1.96. The molecule has 6 heteroatoms. The molecule has 4 rings (SSSR count). The number of benzene rings is 1. The Hall–Kier alpha value is -1.63. The third-order valence-electron chi connectivity index (χ3n) is 7.05. The second kappa shape index (κ2) is 9.45. The van der Waals surface area contributed by atoms with E-state index in [1.54, 1.807) is 0 Å². The van der Waals surface area contributed by atoms with Gasteiger partial charge in [-0.25, -0.2) is 0 Å². The number of likely N-dealkylation sites (N-methyl/N-ethyl adjacent to an activating group) is 2. The van der Waals surface area contributed by atoms with E-state index in [9.17, 15) is 4.79 Å². The van der Waals surface area contributed by atoms with Crippen LogP contribution in [-0.2, 0) is 11.3 Å². The van der Waals surface area contributed by atoms with Crippen molar-refractivity contribution in [1.82, 2.24) is 19.6 Å². The van der Waals surface area contributed by atoms with Gasteiger partial charge in [-0.1, -0.05) is 19.1 Å². The first-order valence-electron chi connectivity index (χ1n) is 11.3. The standard InChI is InChI=1S/C23H36N4O2/c1-3-25-10-12-26(13-11-25)14-15-29-21-6-4-19(5-7-21)17-27-9-8-20-16-23(28)24(2)22(20)18-27/h4-7,20,22H,3,8-18H2,1-2H3/t20-,22-/m1/s1. The van der Waals surface area contributed by atoms with Gasteiger partial charge in [0.1, 0.15) is 12.4 Å². The second-order valence-corrected chi connectivity index (χ2v) is 8.83. The number of likely N-dealkylation sites (tertiary alicyclic amines) is 2. The van der Waals surface area contributed by atoms with E-state index < -0.39 is 0 Å². The molecule has 0 aliphatic carbocycles. The molecule has 3 heterocycles. The average molecular weight is 401 g/mol. The average Bonchev–Trinajstić information content (AvgIpc) is 3.03. The summed E-state index contributed by atoms with van der Waals surface area (Å²) in [6.45, 7) is 12.8. The van der Waals surface area contributed by atoms with Gasteiger partial charge in [0.25, 0.3) is 0 Å². The fraction of sp³-hybridized carbons (Fsp3) is 0.696. The molecule has 3 aliphatic rings. The molecule has 0 radical (unpaired) electrons. The van der Waals surface area contributed by atoms with Crippen molar-refractivity contribution in [2.45, 2.75) is 32.4 Å². The number of fused-ring (bicyclic) bond motifs is 1. The lowest BCUT2D eigenvalue weighted by molar-refractivity contribution is -0.127. The Bertz CT molecular complexity index is 672. The highest BCUT2D eigenvalue weighted by atomic mass is 16.5. The van der Waals surface area contributed by atoms with Gasteiger partial charge >= 0.3 is 0 Å². The van der Waals surface area contributed by atoms with Gasteiger partial charge in [0.15, 0.2) is 0 Å². The molecule has 1 aromatic carbocycles. The fourth-order valence-corrected chi connectivity index (χ4v) is 4.99. The normalized spacial score (nSPS) is 26.7. The summed E-state index contributed by atoms with van der Waals surface area (Å²) in [5, 5.41) is 0. The molecular formula is C23H36N4O2. The van der Waals surface area contributed by atoms with E-state index in [2.05, 4.69) is 45.9 Å². The first-order chi connectivity index (χ1) is 14.1. The molecular weight excluding hydrogens is 364 g/mol. The summed E-state index contributed by atoms with van der Waals surface area (Å²) in [6, 6.07) is 8.97. The van der Waals surface area contributed by atoms with Crippen LogP contribution in [0.4, 0.5) is 0 Å². The molecule has 0 aromatic heterocycles. The molecule has 0 spiro atoms. The van der Waals surface area contributed by atoms with Crippen LogP contribution < -0.4 is 4.74 Å². The van der Waals surface area contributed by atoms with E-state index in [4.69, 9.17) is 4.74 Å². The number of hydrogen-bond acceptors (Lipinski definition) is 5. The van der Waals surface area contributed by atoms with E-state index in [1.807, 2.05) is 11.9 Å². The van der Waals surface area contributed by atoms with Crippen LogP contribution in [0.5, 0.6) is 5.75 Å². The van der Waals surface area contributed by atoms with E-state index in [1.165, 1.54) is 18.7 Å². The Morgan fingerprint density at radius 3 is 2.45 bits per heavy atom. The number of rotatable bonds is 7. The van der Waals surface area contributed by atoms with Crippen molar-refractivity contribution in [2.24, 2.45) is 5.92 Å². The van der Waals surface area contributed by atoms with Gasteiger partial charge in [0.05, 0.1) is 0 Å². The van der Waals surface area contributed by atoms with Crippen molar-refractivity contribution in [3.63, 3.8) is 0 Å². The number of carbonyl (C=O) groups excluding carboxylic acids is 1. The van der Waals surface area contributed by atoms with Crippen molar-refractivity contribution in [3.8, 4) is 5.75 Å². The quantitative estimate of drug-likeness (QED) is 0.697. The molecule has 0 unspecified atom stereocenters. The highest BCUT2D eigenvalue weighted by Crippen LogP contribution is 2.32. The second-order valence-electron chi connectivity index (χ2n) is 8.83. The molecule has 3 aliphatic heterocycles. The topological polar surface area (TPSA) is 39.3 Å². The molecule has 0 bridgehead atoms. The highest BCUT2D eigenvalue weighted by Gasteiger charge is 2.40. The maximum absolute atomic E-state index is 11.9. The molecule has 3 fully saturated rings. The van der Waals surface area contributed by atoms with Crippen LogP contribution in [0, 0.1) is 5.92 Å².